The first-order chi connectivity index (χ1) is 20.2. The van der Waals surface area contributed by atoms with Crippen LogP contribution < -0.4 is 10.6 Å². The Bertz CT molecular complexity index is 1480. The minimum atomic E-state index is -0.424. The molecule has 1 amide bonds. The number of imidazole rings is 1. The molecule has 12 heteroatoms. The predicted octanol–water partition coefficient (Wildman–Crippen LogP) is 6.53. The lowest BCUT2D eigenvalue weighted by Gasteiger charge is -2.33. The molecule has 0 bridgehead atoms. The van der Waals surface area contributed by atoms with E-state index in [-0.39, 0.29) is 30.0 Å². The summed E-state index contributed by atoms with van der Waals surface area (Å²) in [5, 5.41) is 20.8. The molecule has 0 radical (unpaired) electrons. The zero-order chi connectivity index (χ0) is 30.1. The number of hydrogen-bond acceptors (Lipinski definition) is 6. The maximum absolute atomic E-state index is 13.4. The zero-order valence-electron chi connectivity index (χ0n) is 23.4. The monoisotopic (exact) mass is 624 g/mol. The van der Waals surface area contributed by atoms with Gasteiger partial charge in [0.15, 0.2) is 5.11 Å². The van der Waals surface area contributed by atoms with Gasteiger partial charge in [0.2, 0.25) is 5.91 Å². The number of amides is 1. The molecule has 0 saturated carbocycles. The van der Waals surface area contributed by atoms with E-state index in [1.165, 1.54) is 17.0 Å². The van der Waals surface area contributed by atoms with Gasteiger partial charge < -0.3 is 20.1 Å². The number of anilines is 1. The van der Waals surface area contributed by atoms with E-state index in [1.807, 2.05) is 40.3 Å². The molecule has 0 saturated heterocycles. The number of nitrogens with zero attached hydrogens (tertiary/aromatic N) is 4. The fraction of sp³-hybridized carbons (Fsp3) is 0.300. The van der Waals surface area contributed by atoms with Crippen molar-refractivity contribution in [2.45, 2.75) is 45.8 Å². The highest BCUT2D eigenvalue weighted by molar-refractivity contribution is 7.80. The second kappa shape index (κ2) is 14.9. The van der Waals surface area contributed by atoms with Crippen molar-refractivity contribution in [1.29, 1.82) is 0 Å². The van der Waals surface area contributed by atoms with Gasteiger partial charge in [0.1, 0.15) is 0 Å². The van der Waals surface area contributed by atoms with Gasteiger partial charge in [-0.1, -0.05) is 50.1 Å². The zero-order valence-corrected chi connectivity index (χ0v) is 25.8. The number of carbonyl (C=O) groups excluding carboxylic acids is 1. The third kappa shape index (κ3) is 8.85. The smallest absolute Gasteiger partial charge is 0.269 e. The van der Waals surface area contributed by atoms with Crippen LogP contribution in [0.5, 0.6) is 0 Å². The SMILES string of the molecule is CC[C@H](C)[C@@H](CN(Cc1cccs1)C(=S)Nc1ccc(Cl)cc1)NC(=O)Cc1cncn1Cc1ccc([N+](=O)[O-])cc1. The first-order valence-corrected chi connectivity index (χ1v) is 15.2. The van der Waals surface area contributed by atoms with Crippen molar-refractivity contribution in [2.75, 3.05) is 11.9 Å². The van der Waals surface area contributed by atoms with Gasteiger partial charge in [0.05, 0.1) is 24.2 Å². The lowest BCUT2D eigenvalue weighted by Crippen LogP contribution is -2.49. The van der Waals surface area contributed by atoms with Gasteiger partial charge in [-0.3, -0.25) is 14.9 Å². The fourth-order valence-corrected chi connectivity index (χ4v) is 5.52. The van der Waals surface area contributed by atoms with Gasteiger partial charge in [-0.2, -0.15) is 0 Å². The van der Waals surface area contributed by atoms with Gasteiger partial charge >= 0.3 is 0 Å². The summed E-state index contributed by atoms with van der Waals surface area (Å²) in [5.74, 6) is 0.0848. The number of rotatable bonds is 13. The molecular weight excluding hydrogens is 592 g/mol. The number of aromatic nitrogens is 2. The maximum atomic E-state index is 13.4. The molecule has 0 spiro atoms. The van der Waals surface area contributed by atoms with Crippen LogP contribution in [0.2, 0.25) is 5.02 Å². The summed E-state index contributed by atoms with van der Waals surface area (Å²) in [6.07, 6.45) is 4.38. The molecule has 2 aromatic heterocycles. The van der Waals surface area contributed by atoms with Crippen molar-refractivity contribution in [2.24, 2.45) is 5.92 Å². The highest BCUT2D eigenvalue weighted by Crippen LogP contribution is 2.19. The molecule has 4 aromatic rings. The van der Waals surface area contributed by atoms with E-state index in [9.17, 15) is 14.9 Å². The molecule has 9 nitrogen and oxygen atoms in total. The van der Waals surface area contributed by atoms with E-state index in [2.05, 4.69) is 40.4 Å². The highest BCUT2D eigenvalue weighted by atomic mass is 35.5. The van der Waals surface area contributed by atoms with Crippen molar-refractivity contribution in [3.63, 3.8) is 0 Å². The Hall–Kier alpha value is -3.80. The van der Waals surface area contributed by atoms with E-state index < -0.39 is 4.92 Å². The number of benzene rings is 2. The van der Waals surface area contributed by atoms with Crippen LogP contribution in [0.15, 0.2) is 78.6 Å². The van der Waals surface area contributed by atoms with Gasteiger partial charge in [0, 0.05) is 58.7 Å². The van der Waals surface area contributed by atoms with Crippen molar-refractivity contribution >= 4 is 57.5 Å². The number of thiocarbonyl (C=S) groups is 1. The summed E-state index contributed by atoms with van der Waals surface area (Å²) in [6, 6.07) is 17.7. The predicted molar refractivity (Wildman–Crippen MR) is 172 cm³/mol. The lowest BCUT2D eigenvalue weighted by atomic mass is 9.98. The average molecular weight is 625 g/mol. The maximum Gasteiger partial charge on any atom is 0.269 e. The largest absolute Gasteiger partial charge is 0.351 e. The standard InChI is InChI=1S/C30H33ClN6O3S2/c1-3-21(2)28(19-35(18-27-5-4-14-42-27)30(41)33-24-10-8-23(31)9-11-24)34-29(38)15-26-16-32-20-36(26)17-22-6-12-25(13-7-22)37(39)40/h4-14,16,20-21,28H,3,15,17-19H2,1-2H3,(H,33,41)(H,34,38)/t21-,28+/m0/s1. The fourth-order valence-electron chi connectivity index (χ4n) is 4.42. The van der Waals surface area contributed by atoms with Crippen molar-refractivity contribution < 1.29 is 9.72 Å². The minimum absolute atomic E-state index is 0.0380. The van der Waals surface area contributed by atoms with Crippen molar-refractivity contribution in [3.05, 3.63) is 110 Å². The van der Waals surface area contributed by atoms with E-state index in [0.717, 1.165) is 23.4 Å². The Morgan fingerprint density at radius 3 is 2.57 bits per heavy atom. The quantitative estimate of drug-likeness (QED) is 0.0990. The molecule has 220 valence electrons. The topological polar surface area (TPSA) is 105 Å². The highest BCUT2D eigenvalue weighted by Gasteiger charge is 2.24. The molecule has 0 aliphatic heterocycles. The number of non-ortho nitro benzene ring substituents is 1. The second-order valence-corrected chi connectivity index (χ2v) is 11.9. The third-order valence-electron chi connectivity index (χ3n) is 7.04. The normalized spacial score (nSPS) is 12.4. The summed E-state index contributed by atoms with van der Waals surface area (Å²) >= 11 is 13.6. The summed E-state index contributed by atoms with van der Waals surface area (Å²) in [6.45, 7) is 5.83. The van der Waals surface area contributed by atoms with Crippen LogP contribution in [-0.2, 0) is 24.3 Å². The molecule has 0 aliphatic rings. The Balaban J connectivity index is 1.44. The minimum Gasteiger partial charge on any atom is -0.351 e. The summed E-state index contributed by atoms with van der Waals surface area (Å²) in [5.41, 5.74) is 2.51. The number of halogens is 1. The molecule has 2 N–H and O–H groups in total. The van der Waals surface area contributed by atoms with Gasteiger partial charge in [-0.15, -0.1) is 11.3 Å². The van der Waals surface area contributed by atoms with Gasteiger partial charge in [-0.05, 0) is 59.4 Å². The molecular formula is C30H33ClN6O3S2. The summed E-state index contributed by atoms with van der Waals surface area (Å²) < 4.78 is 1.88. The number of nitro groups is 1. The van der Waals surface area contributed by atoms with E-state index in [4.69, 9.17) is 23.8 Å². The number of hydrogen-bond donors (Lipinski definition) is 2. The van der Waals surface area contributed by atoms with Gasteiger partial charge in [-0.25, -0.2) is 4.98 Å². The van der Waals surface area contributed by atoms with E-state index in [1.54, 1.807) is 36.0 Å². The molecule has 2 aromatic carbocycles. The molecule has 4 rings (SSSR count). The number of nitro benzene ring substituents is 1. The van der Waals surface area contributed by atoms with Crippen LogP contribution in [0.4, 0.5) is 11.4 Å². The van der Waals surface area contributed by atoms with Crippen molar-refractivity contribution in [3.8, 4) is 0 Å². The lowest BCUT2D eigenvalue weighted by molar-refractivity contribution is -0.384. The first kappa shape index (κ1) is 31.1. The van der Waals surface area contributed by atoms with Crippen LogP contribution in [0, 0.1) is 16.0 Å². The Morgan fingerprint density at radius 2 is 1.93 bits per heavy atom. The van der Waals surface area contributed by atoms with Crippen LogP contribution in [0.25, 0.3) is 0 Å². The first-order valence-electron chi connectivity index (χ1n) is 13.6. The van der Waals surface area contributed by atoms with Gasteiger partial charge in [0.25, 0.3) is 5.69 Å². The average Bonchev–Trinajstić information content (AvgIpc) is 3.65. The molecule has 2 heterocycles. The van der Waals surface area contributed by atoms with Crippen molar-refractivity contribution in [1.82, 2.24) is 19.8 Å². The summed E-state index contributed by atoms with van der Waals surface area (Å²) in [7, 11) is 0. The molecule has 2 atom stereocenters. The van der Waals surface area contributed by atoms with Crippen LogP contribution in [0.3, 0.4) is 0 Å². The number of nitrogens with one attached hydrogen (secondary N) is 2. The number of thiophene rings is 1. The Kier molecular flexibility index (Phi) is 11.0. The van der Waals surface area contributed by atoms with Crippen LogP contribution in [-0.4, -0.2) is 43.0 Å². The number of carbonyl (C=O) groups is 1. The molecule has 42 heavy (non-hydrogen) atoms. The molecule has 0 fully saturated rings. The molecule has 0 aliphatic carbocycles. The van der Waals surface area contributed by atoms with E-state index >= 15 is 0 Å². The van der Waals surface area contributed by atoms with E-state index in [0.29, 0.717) is 29.8 Å². The van der Waals surface area contributed by atoms with Crippen LogP contribution >= 0.6 is 35.2 Å². The Morgan fingerprint density at radius 1 is 1.19 bits per heavy atom. The van der Waals surface area contributed by atoms with Crippen LogP contribution in [0.1, 0.15) is 36.4 Å². The summed E-state index contributed by atoms with van der Waals surface area (Å²) in [4.78, 5) is 31.4. The molecule has 0 unspecified atom stereocenters. The second-order valence-electron chi connectivity index (χ2n) is 10.1. The Labute approximate surface area is 259 Å². The third-order valence-corrected chi connectivity index (χ3v) is 8.52.